The number of likely N-dealkylation sites (tertiary alicyclic amines) is 1. The summed E-state index contributed by atoms with van der Waals surface area (Å²) in [5, 5.41) is 8.70. The molecular weight excluding hydrogens is 176 g/mol. The lowest BCUT2D eigenvalue weighted by molar-refractivity contribution is 0.304. The third kappa shape index (κ3) is 2.98. The van der Waals surface area contributed by atoms with Crippen LogP contribution in [0.15, 0.2) is 4.99 Å². The van der Waals surface area contributed by atoms with Crippen molar-refractivity contribution in [3.05, 3.63) is 0 Å². The van der Waals surface area contributed by atoms with Crippen molar-refractivity contribution >= 4 is 5.84 Å². The highest BCUT2D eigenvalue weighted by atomic mass is 16.3. The largest absolute Gasteiger partial charge is 0.394 e. The van der Waals surface area contributed by atoms with Crippen molar-refractivity contribution in [1.29, 1.82) is 0 Å². The van der Waals surface area contributed by atoms with Crippen LogP contribution < -0.4 is 0 Å². The van der Waals surface area contributed by atoms with Crippen molar-refractivity contribution in [3.8, 4) is 0 Å². The monoisotopic (exact) mass is 198 g/mol. The van der Waals surface area contributed by atoms with E-state index in [9.17, 15) is 0 Å². The van der Waals surface area contributed by atoms with Crippen LogP contribution in [0.2, 0.25) is 0 Å². The molecule has 0 bridgehead atoms. The molecule has 1 aliphatic rings. The molecule has 14 heavy (non-hydrogen) atoms. The van der Waals surface area contributed by atoms with Crippen LogP contribution in [0.25, 0.3) is 0 Å². The van der Waals surface area contributed by atoms with Gasteiger partial charge in [-0.3, -0.25) is 4.99 Å². The maximum Gasteiger partial charge on any atom is 0.0990 e. The van der Waals surface area contributed by atoms with E-state index in [2.05, 4.69) is 30.8 Å². The molecule has 0 spiro atoms. The Balaban J connectivity index is 2.46. The molecule has 0 aromatic heterocycles. The summed E-state index contributed by atoms with van der Waals surface area (Å²) in [6, 6.07) is 0.660. The molecule has 1 fully saturated rings. The summed E-state index contributed by atoms with van der Waals surface area (Å²) < 4.78 is 0. The second-order valence-electron chi connectivity index (χ2n) is 4.45. The number of amidine groups is 1. The molecule has 1 N–H and O–H groups in total. The van der Waals surface area contributed by atoms with Gasteiger partial charge >= 0.3 is 0 Å². The fraction of sp³-hybridized carbons (Fsp3) is 0.909. The Bertz CT molecular complexity index is 201. The first kappa shape index (κ1) is 11.5. The van der Waals surface area contributed by atoms with Gasteiger partial charge in [0.15, 0.2) is 0 Å². The number of hydrogen-bond acceptors (Lipinski definition) is 2. The van der Waals surface area contributed by atoms with Gasteiger partial charge in [-0.15, -0.1) is 0 Å². The van der Waals surface area contributed by atoms with E-state index in [-0.39, 0.29) is 6.61 Å². The van der Waals surface area contributed by atoms with Crippen molar-refractivity contribution in [2.24, 2.45) is 10.9 Å². The molecule has 0 aromatic rings. The minimum Gasteiger partial charge on any atom is -0.394 e. The van der Waals surface area contributed by atoms with E-state index in [4.69, 9.17) is 5.11 Å². The first-order valence-electron chi connectivity index (χ1n) is 5.52. The Hall–Kier alpha value is -0.570. The van der Waals surface area contributed by atoms with Gasteiger partial charge in [0.05, 0.1) is 19.0 Å². The van der Waals surface area contributed by atoms with Gasteiger partial charge in [0.2, 0.25) is 0 Å². The molecule has 1 aliphatic heterocycles. The highest BCUT2D eigenvalue weighted by Crippen LogP contribution is 2.23. The molecule has 1 atom stereocenters. The van der Waals surface area contributed by atoms with Crippen LogP contribution in [0.5, 0.6) is 0 Å². The van der Waals surface area contributed by atoms with Crippen LogP contribution in [-0.2, 0) is 0 Å². The van der Waals surface area contributed by atoms with Gasteiger partial charge in [0.1, 0.15) is 0 Å². The molecule has 0 aliphatic carbocycles. The standard InChI is InChI=1S/C11H22N2O/c1-9(2)8-10-4-5-11(13(10)3)12-6-7-14/h9-10,14H,4-8H2,1-3H3. The zero-order valence-corrected chi connectivity index (χ0v) is 9.53. The van der Waals surface area contributed by atoms with E-state index >= 15 is 0 Å². The highest BCUT2D eigenvalue weighted by Gasteiger charge is 2.25. The second kappa shape index (κ2) is 5.35. The Kier molecular flexibility index (Phi) is 4.39. The number of aliphatic hydroxyl groups excluding tert-OH is 1. The lowest BCUT2D eigenvalue weighted by Crippen LogP contribution is -2.30. The molecule has 82 valence electrons. The van der Waals surface area contributed by atoms with E-state index in [0.717, 1.165) is 12.3 Å². The first-order chi connectivity index (χ1) is 6.65. The van der Waals surface area contributed by atoms with Crippen molar-refractivity contribution in [2.75, 3.05) is 20.2 Å². The summed E-state index contributed by atoms with van der Waals surface area (Å²) in [5.74, 6) is 1.92. The summed E-state index contributed by atoms with van der Waals surface area (Å²) >= 11 is 0. The summed E-state index contributed by atoms with van der Waals surface area (Å²) in [4.78, 5) is 6.66. The van der Waals surface area contributed by atoms with E-state index < -0.39 is 0 Å². The molecule has 3 heteroatoms. The zero-order valence-electron chi connectivity index (χ0n) is 9.53. The summed E-state index contributed by atoms with van der Waals surface area (Å²) in [6.45, 7) is 5.23. The minimum atomic E-state index is 0.159. The SMILES string of the molecule is CC(C)CC1CCC(=NCCO)N1C. The van der Waals surface area contributed by atoms with Crippen LogP contribution in [0, 0.1) is 5.92 Å². The number of aliphatic imine (C=N–C) groups is 1. The number of hydrogen-bond donors (Lipinski definition) is 1. The Labute approximate surface area is 86.8 Å². The van der Waals surface area contributed by atoms with Crippen molar-refractivity contribution in [2.45, 2.75) is 39.2 Å². The van der Waals surface area contributed by atoms with Gasteiger partial charge in [0.25, 0.3) is 0 Å². The second-order valence-corrected chi connectivity index (χ2v) is 4.45. The summed E-state index contributed by atoms with van der Waals surface area (Å²) in [5.41, 5.74) is 0. The van der Waals surface area contributed by atoms with Crippen LogP contribution in [0.1, 0.15) is 33.1 Å². The molecular formula is C11H22N2O. The molecule has 1 unspecified atom stereocenters. The molecule has 0 aromatic carbocycles. The van der Waals surface area contributed by atoms with Gasteiger partial charge < -0.3 is 10.0 Å². The van der Waals surface area contributed by atoms with Gasteiger partial charge in [0, 0.05) is 19.5 Å². The van der Waals surface area contributed by atoms with E-state index in [1.807, 2.05) is 0 Å². The molecule has 3 nitrogen and oxygen atoms in total. The fourth-order valence-corrected chi connectivity index (χ4v) is 2.07. The fourth-order valence-electron chi connectivity index (χ4n) is 2.07. The normalized spacial score (nSPS) is 25.4. The zero-order chi connectivity index (χ0) is 10.6. The van der Waals surface area contributed by atoms with Crippen molar-refractivity contribution in [3.63, 3.8) is 0 Å². The molecule has 1 heterocycles. The minimum absolute atomic E-state index is 0.159. The third-order valence-electron chi connectivity index (χ3n) is 2.79. The highest BCUT2D eigenvalue weighted by molar-refractivity contribution is 5.84. The predicted octanol–water partition coefficient (Wildman–Crippen LogP) is 1.52. The summed E-state index contributed by atoms with van der Waals surface area (Å²) in [7, 11) is 2.12. The van der Waals surface area contributed by atoms with E-state index in [1.54, 1.807) is 0 Å². The van der Waals surface area contributed by atoms with Gasteiger partial charge in [-0.05, 0) is 18.8 Å². The maximum atomic E-state index is 8.70. The van der Waals surface area contributed by atoms with Gasteiger partial charge in [-0.2, -0.15) is 0 Å². The molecule has 0 saturated carbocycles. The van der Waals surface area contributed by atoms with Crippen molar-refractivity contribution in [1.82, 2.24) is 4.90 Å². The quantitative estimate of drug-likeness (QED) is 0.743. The smallest absolute Gasteiger partial charge is 0.0990 e. The lowest BCUT2D eigenvalue weighted by atomic mass is 10.0. The average molecular weight is 198 g/mol. The Morgan fingerprint density at radius 2 is 2.29 bits per heavy atom. The van der Waals surface area contributed by atoms with Crippen LogP contribution >= 0.6 is 0 Å². The molecule has 1 rings (SSSR count). The molecule has 1 saturated heterocycles. The van der Waals surface area contributed by atoms with Gasteiger partial charge in [-0.25, -0.2) is 0 Å². The predicted molar refractivity (Wildman–Crippen MR) is 59.6 cm³/mol. The number of nitrogens with zero attached hydrogens (tertiary/aromatic N) is 2. The van der Waals surface area contributed by atoms with Crippen LogP contribution in [-0.4, -0.2) is 42.1 Å². The Morgan fingerprint density at radius 1 is 1.57 bits per heavy atom. The third-order valence-corrected chi connectivity index (χ3v) is 2.79. The maximum absolute atomic E-state index is 8.70. The van der Waals surface area contributed by atoms with Crippen molar-refractivity contribution < 1.29 is 5.11 Å². The van der Waals surface area contributed by atoms with Crippen LogP contribution in [0.3, 0.4) is 0 Å². The topological polar surface area (TPSA) is 35.8 Å². The number of aliphatic hydroxyl groups is 1. The lowest BCUT2D eigenvalue weighted by Gasteiger charge is -2.23. The number of rotatable bonds is 4. The van der Waals surface area contributed by atoms with Gasteiger partial charge in [-0.1, -0.05) is 13.8 Å². The molecule has 0 radical (unpaired) electrons. The molecule has 0 amide bonds. The summed E-state index contributed by atoms with van der Waals surface area (Å²) in [6.07, 6.45) is 3.54. The first-order valence-corrected chi connectivity index (χ1v) is 5.52. The van der Waals surface area contributed by atoms with Crippen LogP contribution in [0.4, 0.5) is 0 Å². The average Bonchev–Trinajstić information content (AvgIpc) is 2.45. The van der Waals surface area contributed by atoms with E-state index in [1.165, 1.54) is 18.7 Å². The Morgan fingerprint density at radius 3 is 2.86 bits per heavy atom. The van der Waals surface area contributed by atoms with E-state index in [0.29, 0.717) is 12.6 Å².